The topological polar surface area (TPSA) is 41.6 Å². The Morgan fingerprint density at radius 3 is 2.85 bits per heavy atom. The van der Waals surface area contributed by atoms with E-state index in [2.05, 4.69) is 37.8 Å². The van der Waals surface area contributed by atoms with Crippen molar-refractivity contribution in [2.45, 2.75) is 19.8 Å². The van der Waals surface area contributed by atoms with Gasteiger partial charge in [-0.1, -0.05) is 13.3 Å². The average molecular weight is 240 g/mol. The number of halogens is 1. The molecule has 0 saturated carbocycles. The molecule has 2 aromatic heterocycles. The molecule has 2 heterocycles. The molecule has 0 fully saturated rings. The molecule has 0 aliphatic heterocycles. The van der Waals surface area contributed by atoms with Crippen LogP contribution in [-0.2, 0) is 6.42 Å². The minimum absolute atomic E-state index is 0.859. The van der Waals surface area contributed by atoms with E-state index in [1.165, 1.54) is 5.69 Å². The van der Waals surface area contributed by atoms with Crippen LogP contribution in [-0.4, -0.2) is 15.0 Å². The molecule has 4 heteroatoms. The fraction of sp³-hybridized carbons (Fsp3) is 0.333. The van der Waals surface area contributed by atoms with Gasteiger partial charge in [0.1, 0.15) is 5.52 Å². The number of fused-ring (bicyclic) bond motifs is 1. The number of hydrogen-bond donors (Lipinski definition) is 1. The van der Waals surface area contributed by atoms with Gasteiger partial charge in [0.25, 0.3) is 0 Å². The number of aromatic nitrogens is 3. The Morgan fingerprint density at radius 2 is 2.15 bits per heavy atom. The van der Waals surface area contributed by atoms with Gasteiger partial charge in [-0.25, -0.2) is 4.98 Å². The highest BCUT2D eigenvalue weighted by molar-refractivity contribution is 9.10. The van der Waals surface area contributed by atoms with Gasteiger partial charge in [0.15, 0.2) is 5.65 Å². The molecular formula is C9H10BrN3. The van der Waals surface area contributed by atoms with Gasteiger partial charge >= 0.3 is 0 Å². The molecule has 0 amide bonds. The highest BCUT2D eigenvalue weighted by Gasteiger charge is 2.08. The number of nitrogens with one attached hydrogen (secondary N) is 1. The summed E-state index contributed by atoms with van der Waals surface area (Å²) in [5, 5.41) is 0. The summed E-state index contributed by atoms with van der Waals surface area (Å²) in [6.07, 6.45) is 5.54. The molecule has 0 radical (unpaired) electrons. The second kappa shape index (κ2) is 3.46. The van der Waals surface area contributed by atoms with Crippen LogP contribution in [0.4, 0.5) is 0 Å². The highest BCUT2D eigenvalue weighted by atomic mass is 79.9. The lowest BCUT2D eigenvalue weighted by atomic mass is 10.2. The molecule has 13 heavy (non-hydrogen) atoms. The Hall–Kier alpha value is -0.900. The number of rotatable bonds is 2. The Balaban J connectivity index is 2.60. The van der Waals surface area contributed by atoms with E-state index >= 15 is 0 Å². The maximum atomic E-state index is 4.24. The van der Waals surface area contributed by atoms with Crippen molar-refractivity contribution in [3.05, 3.63) is 22.6 Å². The zero-order valence-electron chi connectivity index (χ0n) is 7.34. The lowest BCUT2D eigenvalue weighted by Crippen LogP contribution is -1.82. The summed E-state index contributed by atoms with van der Waals surface area (Å²) in [5.74, 6) is 0. The third-order valence-corrected chi connectivity index (χ3v) is 2.79. The van der Waals surface area contributed by atoms with Gasteiger partial charge in [-0.15, -0.1) is 0 Å². The molecule has 1 N–H and O–H groups in total. The predicted molar refractivity (Wildman–Crippen MR) is 55.6 cm³/mol. The van der Waals surface area contributed by atoms with E-state index in [-0.39, 0.29) is 0 Å². The van der Waals surface area contributed by atoms with Crippen molar-refractivity contribution >= 4 is 27.1 Å². The molecular weight excluding hydrogens is 230 g/mol. The lowest BCUT2D eigenvalue weighted by Gasteiger charge is -1.92. The van der Waals surface area contributed by atoms with Crippen LogP contribution in [0.15, 0.2) is 16.9 Å². The van der Waals surface area contributed by atoms with Gasteiger partial charge in [0, 0.05) is 18.1 Å². The first kappa shape index (κ1) is 8.69. The quantitative estimate of drug-likeness (QED) is 0.876. The molecule has 0 unspecified atom stereocenters. The molecule has 0 bridgehead atoms. The summed E-state index contributed by atoms with van der Waals surface area (Å²) >= 11 is 3.52. The first-order valence-corrected chi connectivity index (χ1v) is 5.09. The predicted octanol–water partition coefficient (Wildman–Crippen LogP) is 2.67. The van der Waals surface area contributed by atoms with E-state index in [9.17, 15) is 0 Å². The van der Waals surface area contributed by atoms with Crippen LogP contribution < -0.4 is 0 Å². The SMILES string of the molecule is CCCc1[nH]c2nccnc2c1Br. The molecule has 3 nitrogen and oxygen atoms in total. The summed E-state index contributed by atoms with van der Waals surface area (Å²) in [5.41, 5.74) is 2.97. The van der Waals surface area contributed by atoms with Crippen LogP contribution in [0.1, 0.15) is 19.0 Å². The van der Waals surface area contributed by atoms with Crippen LogP contribution in [0, 0.1) is 0 Å². The zero-order valence-corrected chi connectivity index (χ0v) is 8.93. The van der Waals surface area contributed by atoms with Crippen molar-refractivity contribution < 1.29 is 0 Å². The number of hydrogen-bond acceptors (Lipinski definition) is 2. The number of aryl methyl sites for hydroxylation is 1. The minimum Gasteiger partial charge on any atom is -0.341 e. The fourth-order valence-electron chi connectivity index (χ4n) is 1.35. The van der Waals surface area contributed by atoms with Gasteiger partial charge in [-0.2, -0.15) is 0 Å². The molecule has 0 saturated heterocycles. The standard InChI is InChI=1S/C9H10BrN3/c1-2-3-6-7(10)8-9(13-6)12-5-4-11-8/h4-5H,2-3H2,1H3,(H,12,13). The molecule has 0 aromatic carbocycles. The van der Waals surface area contributed by atoms with E-state index in [4.69, 9.17) is 0 Å². The van der Waals surface area contributed by atoms with E-state index in [0.29, 0.717) is 0 Å². The van der Waals surface area contributed by atoms with Gasteiger partial charge in [-0.05, 0) is 22.4 Å². The number of nitrogens with zero attached hydrogens (tertiary/aromatic N) is 2. The molecule has 0 spiro atoms. The fourth-order valence-corrected chi connectivity index (χ4v) is 1.94. The third-order valence-electron chi connectivity index (χ3n) is 1.94. The van der Waals surface area contributed by atoms with Crippen LogP contribution in [0.5, 0.6) is 0 Å². The van der Waals surface area contributed by atoms with E-state index in [1.807, 2.05) is 0 Å². The molecule has 0 aliphatic rings. The summed E-state index contributed by atoms with van der Waals surface area (Å²) in [7, 11) is 0. The second-order valence-corrected chi connectivity index (χ2v) is 3.71. The lowest BCUT2D eigenvalue weighted by molar-refractivity contribution is 0.890. The molecule has 0 atom stereocenters. The Morgan fingerprint density at radius 1 is 1.38 bits per heavy atom. The normalized spacial score (nSPS) is 10.9. The Labute approximate surface area is 84.7 Å². The van der Waals surface area contributed by atoms with Crippen molar-refractivity contribution in [1.82, 2.24) is 15.0 Å². The zero-order chi connectivity index (χ0) is 9.26. The average Bonchev–Trinajstić information content (AvgIpc) is 2.46. The third kappa shape index (κ3) is 1.46. The summed E-state index contributed by atoms with van der Waals surface area (Å²) in [6.45, 7) is 2.15. The van der Waals surface area contributed by atoms with Crippen LogP contribution in [0.3, 0.4) is 0 Å². The number of H-pyrrole nitrogens is 1. The van der Waals surface area contributed by atoms with E-state index < -0.39 is 0 Å². The van der Waals surface area contributed by atoms with Gasteiger partial charge < -0.3 is 4.98 Å². The molecule has 2 rings (SSSR count). The first-order valence-electron chi connectivity index (χ1n) is 4.30. The van der Waals surface area contributed by atoms with Crippen molar-refractivity contribution in [1.29, 1.82) is 0 Å². The van der Waals surface area contributed by atoms with Crippen molar-refractivity contribution in [3.8, 4) is 0 Å². The highest BCUT2D eigenvalue weighted by Crippen LogP contribution is 2.25. The summed E-state index contributed by atoms with van der Waals surface area (Å²) in [4.78, 5) is 11.7. The Kier molecular flexibility index (Phi) is 2.31. The molecule has 2 aromatic rings. The number of aromatic amines is 1. The van der Waals surface area contributed by atoms with E-state index in [1.54, 1.807) is 12.4 Å². The van der Waals surface area contributed by atoms with Crippen LogP contribution in [0.2, 0.25) is 0 Å². The summed E-state index contributed by atoms with van der Waals surface area (Å²) < 4.78 is 1.05. The van der Waals surface area contributed by atoms with Crippen LogP contribution in [0.25, 0.3) is 11.2 Å². The Bertz CT molecular complexity index is 422. The van der Waals surface area contributed by atoms with Gasteiger partial charge in [0.2, 0.25) is 0 Å². The molecule has 68 valence electrons. The van der Waals surface area contributed by atoms with Gasteiger partial charge in [0.05, 0.1) is 4.47 Å². The van der Waals surface area contributed by atoms with Crippen molar-refractivity contribution in [3.63, 3.8) is 0 Å². The minimum atomic E-state index is 0.859. The monoisotopic (exact) mass is 239 g/mol. The maximum absolute atomic E-state index is 4.24. The first-order chi connectivity index (χ1) is 6.33. The second-order valence-electron chi connectivity index (χ2n) is 2.92. The maximum Gasteiger partial charge on any atom is 0.157 e. The van der Waals surface area contributed by atoms with E-state index in [0.717, 1.165) is 28.5 Å². The van der Waals surface area contributed by atoms with Crippen LogP contribution >= 0.6 is 15.9 Å². The molecule has 0 aliphatic carbocycles. The summed E-state index contributed by atoms with van der Waals surface area (Å²) in [6, 6.07) is 0. The smallest absolute Gasteiger partial charge is 0.157 e. The van der Waals surface area contributed by atoms with Gasteiger partial charge in [-0.3, -0.25) is 4.98 Å². The largest absolute Gasteiger partial charge is 0.341 e. The van der Waals surface area contributed by atoms with Crippen molar-refractivity contribution in [2.75, 3.05) is 0 Å². The van der Waals surface area contributed by atoms with Crippen molar-refractivity contribution in [2.24, 2.45) is 0 Å².